The molecule has 8 heteroatoms. The van der Waals surface area contributed by atoms with E-state index in [1.807, 2.05) is 0 Å². The maximum absolute atomic E-state index is 13.8. The first-order valence-corrected chi connectivity index (χ1v) is 10.2. The minimum atomic E-state index is -4.72. The molecule has 3 aromatic carbocycles. The first-order chi connectivity index (χ1) is 16.1. The molecule has 0 saturated heterocycles. The molecule has 0 bridgehead atoms. The third kappa shape index (κ3) is 3.96. The van der Waals surface area contributed by atoms with Gasteiger partial charge in [-0.2, -0.15) is 26.3 Å². The van der Waals surface area contributed by atoms with Gasteiger partial charge in [0.25, 0.3) is 0 Å². The number of fused-ring (bicyclic) bond motifs is 2. The third-order valence-electron chi connectivity index (χ3n) is 5.46. The van der Waals surface area contributed by atoms with Crippen LogP contribution in [0.3, 0.4) is 0 Å². The molecule has 0 N–H and O–H groups in total. The second-order valence-electron chi connectivity index (χ2n) is 7.73. The predicted octanol–water partition coefficient (Wildman–Crippen LogP) is 8.15. The van der Waals surface area contributed by atoms with Crippen molar-refractivity contribution in [1.29, 1.82) is 0 Å². The number of hydrogen-bond donors (Lipinski definition) is 0. The zero-order valence-corrected chi connectivity index (χ0v) is 17.2. The summed E-state index contributed by atoms with van der Waals surface area (Å²) in [4.78, 5) is 7.74. The molecule has 0 fully saturated rings. The van der Waals surface area contributed by atoms with E-state index in [4.69, 9.17) is 0 Å². The van der Waals surface area contributed by atoms with Gasteiger partial charge in [-0.05, 0) is 35.4 Å². The molecule has 0 aliphatic heterocycles. The van der Waals surface area contributed by atoms with Crippen molar-refractivity contribution >= 4 is 21.8 Å². The standard InChI is InChI=1S/C26H14F6N2/c27-25(28,29)23-19(15-7-3-1-4-8-15)11-17-13-22-18(14-21(17)33-23)12-20(16-9-5-2-6-10-16)24(34-22)26(30,31)32/h1-14H. The molecule has 5 aromatic rings. The van der Waals surface area contributed by atoms with Gasteiger partial charge in [0.05, 0.1) is 11.0 Å². The van der Waals surface area contributed by atoms with Crippen molar-refractivity contribution in [2.75, 3.05) is 0 Å². The van der Waals surface area contributed by atoms with Crippen molar-refractivity contribution in [3.05, 3.63) is 96.3 Å². The second kappa shape index (κ2) is 7.83. The van der Waals surface area contributed by atoms with Gasteiger partial charge < -0.3 is 0 Å². The number of nitrogens with zero attached hydrogens (tertiary/aromatic N) is 2. The Bertz CT molecular complexity index is 1390. The molecule has 0 aliphatic carbocycles. The fraction of sp³-hybridized carbons (Fsp3) is 0.0769. The summed E-state index contributed by atoms with van der Waals surface area (Å²) in [6, 6.07) is 21.1. The van der Waals surface area contributed by atoms with Gasteiger partial charge in [0.1, 0.15) is 0 Å². The topological polar surface area (TPSA) is 25.8 Å². The van der Waals surface area contributed by atoms with Crippen LogP contribution in [0.2, 0.25) is 0 Å². The Labute approximate surface area is 189 Å². The van der Waals surface area contributed by atoms with Crippen molar-refractivity contribution in [2.45, 2.75) is 12.4 Å². The van der Waals surface area contributed by atoms with E-state index in [9.17, 15) is 26.3 Å². The zero-order chi connectivity index (χ0) is 24.1. The van der Waals surface area contributed by atoms with Gasteiger partial charge in [-0.25, -0.2) is 9.97 Å². The van der Waals surface area contributed by atoms with E-state index < -0.39 is 23.7 Å². The molecule has 2 aromatic heterocycles. The Balaban J connectivity index is 1.81. The molecule has 34 heavy (non-hydrogen) atoms. The number of alkyl halides is 6. The quantitative estimate of drug-likeness (QED) is 0.193. The molecule has 0 amide bonds. The highest BCUT2D eigenvalue weighted by molar-refractivity contribution is 5.98. The van der Waals surface area contributed by atoms with E-state index in [-0.39, 0.29) is 32.9 Å². The summed E-state index contributed by atoms with van der Waals surface area (Å²) in [6.45, 7) is 0. The van der Waals surface area contributed by atoms with Crippen LogP contribution in [0.15, 0.2) is 84.9 Å². The highest BCUT2D eigenvalue weighted by Crippen LogP contribution is 2.40. The lowest BCUT2D eigenvalue weighted by molar-refractivity contribution is -0.141. The van der Waals surface area contributed by atoms with Crippen molar-refractivity contribution < 1.29 is 26.3 Å². The normalized spacial score (nSPS) is 12.4. The summed E-state index contributed by atoms with van der Waals surface area (Å²) < 4.78 is 83.1. The highest BCUT2D eigenvalue weighted by Gasteiger charge is 2.37. The van der Waals surface area contributed by atoms with Crippen LogP contribution in [-0.4, -0.2) is 9.97 Å². The van der Waals surface area contributed by atoms with E-state index in [1.165, 1.54) is 48.5 Å². The molecule has 0 unspecified atom stereocenters. The lowest BCUT2D eigenvalue weighted by atomic mass is 9.98. The van der Waals surface area contributed by atoms with Gasteiger partial charge >= 0.3 is 12.4 Å². The van der Waals surface area contributed by atoms with Crippen molar-refractivity contribution in [1.82, 2.24) is 9.97 Å². The molecular weight excluding hydrogens is 454 g/mol. The minimum Gasteiger partial charge on any atom is -0.243 e. The number of pyridine rings is 2. The van der Waals surface area contributed by atoms with E-state index in [0.29, 0.717) is 11.1 Å². The lowest BCUT2D eigenvalue weighted by Crippen LogP contribution is -2.11. The summed E-state index contributed by atoms with van der Waals surface area (Å²) >= 11 is 0. The number of benzene rings is 3. The first kappa shape index (κ1) is 21.9. The van der Waals surface area contributed by atoms with Gasteiger partial charge in [0.2, 0.25) is 0 Å². The van der Waals surface area contributed by atoms with Crippen molar-refractivity contribution in [3.63, 3.8) is 0 Å². The Morgan fingerprint density at radius 3 is 1.15 bits per heavy atom. The maximum atomic E-state index is 13.8. The van der Waals surface area contributed by atoms with Crippen LogP contribution < -0.4 is 0 Å². The molecule has 0 radical (unpaired) electrons. The molecular formula is C26H14F6N2. The predicted molar refractivity (Wildman–Crippen MR) is 118 cm³/mol. The molecule has 2 heterocycles. The largest absolute Gasteiger partial charge is 0.433 e. The third-order valence-corrected chi connectivity index (χ3v) is 5.46. The molecule has 2 nitrogen and oxygen atoms in total. The van der Waals surface area contributed by atoms with Crippen LogP contribution in [0.4, 0.5) is 26.3 Å². The average molecular weight is 468 g/mol. The molecule has 0 spiro atoms. The molecule has 0 aliphatic rings. The van der Waals surface area contributed by atoms with Crippen LogP contribution in [0.1, 0.15) is 11.4 Å². The summed E-state index contributed by atoms with van der Waals surface area (Å²) in [5.74, 6) is 0. The summed E-state index contributed by atoms with van der Waals surface area (Å²) in [7, 11) is 0. The van der Waals surface area contributed by atoms with Gasteiger partial charge in [-0.1, -0.05) is 60.7 Å². The van der Waals surface area contributed by atoms with Crippen LogP contribution in [0.5, 0.6) is 0 Å². The van der Waals surface area contributed by atoms with Gasteiger partial charge in [0.15, 0.2) is 11.4 Å². The minimum absolute atomic E-state index is 0.0140. The first-order valence-electron chi connectivity index (χ1n) is 10.2. The smallest absolute Gasteiger partial charge is 0.243 e. The van der Waals surface area contributed by atoms with E-state index >= 15 is 0 Å². The molecule has 0 saturated carbocycles. The van der Waals surface area contributed by atoms with Gasteiger partial charge in [-0.15, -0.1) is 0 Å². The van der Waals surface area contributed by atoms with E-state index in [1.54, 1.807) is 36.4 Å². The van der Waals surface area contributed by atoms with Crippen LogP contribution in [-0.2, 0) is 12.4 Å². The molecule has 0 atom stereocenters. The maximum Gasteiger partial charge on any atom is 0.433 e. The fourth-order valence-corrected chi connectivity index (χ4v) is 3.95. The van der Waals surface area contributed by atoms with Crippen LogP contribution in [0.25, 0.3) is 44.1 Å². The SMILES string of the molecule is FC(F)(F)c1nc2cc3cc(-c4ccccc4)c(C(F)(F)F)nc3cc2cc1-c1ccccc1. The summed E-state index contributed by atoms with van der Waals surface area (Å²) in [5.41, 5.74) is -1.81. The highest BCUT2D eigenvalue weighted by atomic mass is 19.4. The Kier molecular flexibility index (Phi) is 5.04. The van der Waals surface area contributed by atoms with Crippen LogP contribution >= 0.6 is 0 Å². The molecule has 5 rings (SSSR count). The average Bonchev–Trinajstić information content (AvgIpc) is 2.81. The number of aromatic nitrogens is 2. The molecule has 170 valence electrons. The number of rotatable bonds is 2. The number of hydrogen-bond acceptors (Lipinski definition) is 2. The van der Waals surface area contributed by atoms with Gasteiger partial charge in [-0.3, -0.25) is 0 Å². The fourth-order valence-electron chi connectivity index (χ4n) is 3.95. The second-order valence-corrected chi connectivity index (χ2v) is 7.73. The Morgan fingerprint density at radius 1 is 0.471 bits per heavy atom. The van der Waals surface area contributed by atoms with E-state index in [2.05, 4.69) is 9.97 Å². The van der Waals surface area contributed by atoms with Crippen molar-refractivity contribution in [3.8, 4) is 22.3 Å². The van der Waals surface area contributed by atoms with E-state index in [0.717, 1.165) is 0 Å². The zero-order valence-electron chi connectivity index (χ0n) is 17.2. The lowest BCUT2D eigenvalue weighted by Gasteiger charge is -2.16. The summed E-state index contributed by atoms with van der Waals surface area (Å²) in [6.07, 6.45) is -9.44. The number of halogens is 6. The van der Waals surface area contributed by atoms with Crippen molar-refractivity contribution in [2.24, 2.45) is 0 Å². The Morgan fingerprint density at radius 2 is 0.824 bits per heavy atom. The monoisotopic (exact) mass is 468 g/mol. The van der Waals surface area contributed by atoms with Gasteiger partial charge in [0, 0.05) is 21.9 Å². The van der Waals surface area contributed by atoms with Crippen LogP contribution in [0, 0.1) is 0 Å². The Hall–Kier alpha value is -3.94. The summed E-state index contributed by atoms with van der Waals surface area (Å²) in [5, 5.41) is 0.514.